The van der Waals surface area contributed by atoms with E-state index in [1.807, 2.05) is 18.3 Å². The number of aromatic nitrogens is 1. The molecule has 0 radical (unpaired) electrons. The van der Waals surface area contributed by atoms with Gasteiger partial charge in [0.2, 0.25) is 0 Å². The Kier molecular flexibility index (Phi) is 5.07. The van der Waals surface area contributed by atoms with Gasteiger partial charge in [0.05, 0.1) is 11.7 Å². The summed E-state index contributed by atoms with van der Waals surface area (Å²) in [5.74, 6) is 0. The van der Waals surface area contributed by atoms with Crippen LogP contribution in [0.3, 0.4) is 0 Å². The van der Waals surface area contributed by atoms with Gasteiger partial charge < -0.3 is 5.73 Å². The van der Waals surface area contributed by atoms with Crippen molar-refractivity contribution in [3.8, 4) is 0 Å². The van der Waals surface area contributed by atoms with Crippen molar-refractivity contribution in [3.05, 3.63) is 52.5 Å². The van der Waals surface area contributed by atoms with E-state index >= 15 is 0 Å². The fourth-order valence-electron chi connectivity index (χ4n) is 2.23. The molecule has 0 fully saturated rings. The molecule has 3 nitrogen and oxygen atoms in total. The number of nitrogens with two attached hydrogens (primary N) is 1. The number of pyridine rings is 1. The van der Waals surface area contributed by atoms with Crippen LogP contribution in [0.1, 0.15) is 30.5 Å². The Morgan fingerprint density at radius 2 is 2.11 bits per heavy atom. The highest BCUT2D eigenvalue weighted by atomic mass is 32.1. The molecule has 0 saturated heterocycles. The average Bonchev–Trinajstić information content (AvgIpc) is 2.92. The fourth-order valence-corrected chi connectivity index (χ4v) is 2.95. The number of hydrogen-bond donors (Lipinski definition) is 1. The molecule has 0 saturated carbocycles. The van der Waals surface area contributed by atoms with Crippen LogP contribution in [0.2, 0.25) is 0 Å². The van der Waals surface area contributed by atoms with E-state index in [2.05, 4.69) is 47.3 Å². The normalized spacial score (nSPS) is 13.1. The average molecular weight is 275 g/mol. The summed E-state index contributed by atoms with van der Waals surface area (Å²) in [6.07, 6.45) is 1.83. The summed E-state index contributed by atoms with van der Waals surface area (Å²) in [5, 5.41) is 2.12. The highest BCUT2D eigenvalue weighted by molar-refractivity contribution is 7.09. The SMILES string of the molecule is CC(C)N(Cc1cccs1)C(CN)c1ccccn1. The van der Waals surface area contributed by atoms with Crippen LogP contribution in [-0.4, -0.2) is 22.5 Å². The maximum absolute atomic E-state index is 5.99. The predicted octanol–water partition coefficient (Wildman–Crippen LogP) is 3.05. The second-order valence-electron chi connectivity index (χ2n) is 4.85. The zero-order valence-electron chi connectivity index (χ0n) is 11.5. The van der Waals surface area contributed by atoms with Crippen molar-refractivity contribution < 1.29 is 0 Å². The van der Waals surface area contributed by atoms with Crippen molar-refractivity contribution in [1.29, 1.82) is 0 Å². The Balaban J connectivity index is 2.21. The van der Waals surface area contributed by atoms with Crippen molar-refractivity contribution in [3.63, 3.8) is 0 Å². The lowest BCUT2D eigenvalue weighted by Gasteiger charge is -2.33. The van der Waals surface area contributed by atoms with E-state index in [1.54, 1.807) is 11.3 Å². The van der Waals surface area contributed by atoms with Gasteiger partial charge in [0, 0.05) is 30.2 Å². The van der Waals surface area contributed by atoms with Crippen molar-refractivity contribution in [2.45, 2.75) is 32.5 Å². The van der Waals surface area contributed by atoms with Gasteiger partial charge in [0.25, 0.3) is 0 Å². The Morgan fingerprint density at radius 3 is 2.63 bits per heavy atom. The molecule has 4 heteroatoms. The van der Waals surface area contributed by atoms with Crippen molar-refractivity contribution in [2.24, 2.45) is 5.73 Å². The third kappa shape index (κ3) is 3.62. The molecule has 0 bridgehead atoms. The lowest BCUT2D eigenvalue weighted by Crippen LogP contribution is -2.38. The van der Waals surface area contributed by atoms with E-state index in [9.17, 15) is 0 Å². The first kappa shape index (κ1) is 14.2. The minimum Gasteiger partial charge on any atom is -0.329 e. The Bertz CT molecular complexity index is 467. The minimum absolute atomic E-state index is 0.170. The number of thiophene rings is 1. The molecule has 2 rings (SSSR count). The van der Waals surface area contributed by atoms with E-state index in [4.69, 9.17) is 5.73 Å². The molecule has 102 valence electrons. The monoisotopic (exact) mass is 275 g/mol. The third-order valence-corrected chi connectivity index (χ3v) is 4.10. The van der Waals surface area contributed by atoms with Crippen LogP contribution in [0.4, 0.5) is 0 Å². The highest BCUT2D eigenvalue weighted by Gasteiger charge is 2.23. The number of hydrogen-bond acceptors (Lipinski definition) is 4. The largest absolute Gasteiger partial charge is 0.329 e. The standard InChI is InChI=1S/C15H21N3S/c1-12(2)18(11-13-6-5-9-19-13)15(10-16)14-7-3-4-8-17-14/h3-9,12,15H,10-11,16H2,1-2H3. The Morgan fingerprint density at radius 1 is 1.26 bits per heavy atom. The topological polar surface area (TPSA) is 42.1 Å². The van der Waals surface area contributed by atoms with Crippen molar-refractivity contribution >= 4 is 11.3 Å². The first-order chi connectivity index (χ1) is 9.22. The van der Waals surface area contributed by atoms with Crippen LogP contribution in [0.25, 0.3) is 0 Å². The summed E-state index contributed by atoms with van der Waals surface area (Å²) in [5.41, 5.74) is 7.05. The molecule has 0 spiro atoms. The maximum atomic E-state index is 5.99. The van der Waals surface area contributed by atoms with Gasteiger partial charge in [-0.25, -0.2) is 0 Å². The Hall–Kier alpha value is -1.23. The molecule has 2 aromatic heterocycles. The van der Waals surface area contributed by atoms with Gasteiger partial charge >= 0.3 is 0 Å². The lowest BCUT2D eigenvalue weighted by atomic mass is 10.1. The number of rotatable bonds is 6. The molecule has 2 N–H and O–H groups in total. The van der Waals surface area contributed by atoms with Crippen LogP contribution in [0.5, 0.6) is 0 Å². The molecular formula is C15H21N3S. The Labute approximate surface area is 119 Å². The van der Waals surface area contributed by atoms with Gasteiger partial charge in [0.1, 0.15) is 0 Å². The van der Waals surface area contributed by atoms with Gasteiger partial charge in [0.15, 0.2) is 0 Å². The van der Waals surface area contributed by atoms with E-state index in [0.717, 1.165) is 12.2 Å². The van der Waals surface area contributed by atoms with Gasteiger partial charge in [-0.05, 0) is 37.4 Å². The van der Waals surface area contributed by atoms with Crippen molar-refractivity contribution in [1.82, 2.24) is 9.88 Å². The molecule has 0 aromatic carbocycles. The molecule has 2 heterocycles. The molecule has 0 amide bonds. The van der Waals surface area contributed by atoms with Gasteiger partial charge in [-0.1, -0.05) is 12.1 Å². The first-order valence-corrected chi connectivity index (χ1v) is 7.49. The summed E-state index contributed by atoms with van der Waals surface area (Å²) in [6.45, 7) is 5.92. The van der Waals surface area contributed by atoms with E-state index in [0.29, 0.717) is 12.6 Å². The molecule has 0 aliphatic heterocycles. The zero-order chi connectivity index (χ0) is 13.7. The second kappa shape index (κ2) is 6.80. The minimum atomic E-state index is 0.170. The highest BCUT2D eigenvalue weighted by Crippen LogP contribution is 2.24. The van der Waals surface area contributed by atoms with Gasteiger partial charge in [-0.3, -0.25) is 9.88 Å². The van der Waals surface area contributed by atoms with Gasteiger partial charge in [-0.2, -0.15) is 0 Å². The molecule has 0 aliphatic rings. The number of nitrogens with zero attached hydrogens (tertiary/aromatic N) is 2. The zero-order valence-corrected chi connectivity index (χ0v) is 12.3. The van der Waals surface area contributed by atoms with E-state index in [-0.39, 0.29) is 6.04 Å². The summed E-state index contributed by atoms with van der Waals surface area (Å²) in [7, 11) is 0. The molecule has 1 atom stereocenters. The maximum Gasteiger partial charge on any atom is 0.0649 e. The quantitative estimate of drug-likeness (QED) is 0.881. The fraction of sp³-hybridized carbons (Fsp3) is 0.400. The predicted molar refractivity (Wildman–Crippen MR) is 81.0 cm³/mol. The lowest BCUT2D eigenvalue weighted by molar-refractivity contribution is 0.146. The van der Waals surface area contributed by atoms with Crippen LogP contribution in [0.15, 0.2) is 41.9 Å². The van der Waals surface area contributed by atoms with Crippen LogP contribution in [-0.2, 0) is 6.54 Å². The molecule has 1 unspecified atom stereocenters. The molecule has 0 aliphatic carbocycles. The van der Waals surface area contributed by atoms with Crippen LogP contribution < -0.4 is 5.73 Å². The van der Waals surface area contributed by atoms with Crippen molar-refractivity contribution in [2.75, 3.05) is 6.54 Å². The molecular weight excluding hydrogens is 254 g/mol. The third-order valence-electron chi connectivity index (χ3n) is 3.23. The van der Waals surface area contributed by atoms with Crippen LogP contribution >= 0.6 is 11.3 Å². The second-order valence-corrected chi connectivity index (χ2v) is 5.88. The first-order valence-electron chi connectivity index (χ1n) is 6.61. The summed E-state index contributed by atoms with van der Waals surface area (Å²) in [4.78, 5) is 8.24. The molecule has 2 aromatic rings. The van der Waals surface area contributed by atoms with Crippen LogP contribution in [0, 0.1) is 0 Å². The summed E-state index contributed by atoms with van der Waals surface area (Å²) < 4.78 is 0. The van der Waals surface area contributed by atoms with E-state index in [1.165, 1.54) is 4.88 Å². The van der Waals surface area contributed by atoms with Gasteiger partial charge in [-0.15, -0.1) is 11.3 Å². The smallest absolute Gasteiger partial charge is 0.0649 e. The molecule has 19 heavy (non-hydrogen) atoms. The summed E-state index contributed by atoms with van der Waals surface area (Å²) >= 11 is 1.79. The van der Waals surface area contributed by atoms with E-state index < -0.39 is 0 Å². The summed E-state index contributed by atoms with van der Waals surface area (Å²) in [6, 6.07) is 10.9.